The quantitative estimate of drug-likeness (QED) is 0.257. The average molecular weight is 597 g/mol. The van der Waals surface area contributed by atoms with E-state index >= 15 is 0 Å². The molecule has 4 amide bonds. The zero-order valence-corrected chi connectivity index (χ0v) is 24.3. The van der Waals surface area contributed by atoms with Gasteiger partial charge in [-0.1, -0.05) is 18.9 Å². The maximum atomic E-state index is 13.5. The van der Waals surface area contributed by atoms with Crippen LogP contribution >= 0.6 is 0 Å². The molecular weight excluding hydrogens is 564 g/mol. The molecule has 44 heavy (non-hydrogen) atoms. The molecule has 6 aliphatic heterocycles. The highest BCUT2D eigenvalue weighted by atomic mass is 16.5. The summed E-state index contributed by atoms with van der Waals surface area (Å²) in [6, 6.07) is 12.5. The topological polar surface area (TPSA) is 127 Å². The van der Waals surface area contributed by atoms with Gasteiger partial charge >= 0.3 is 11.9 Å². The molecule has 0 atom stereocenters. The number of esters is 2. The van der Waals surface area contributed by atoms with Crippen LogP contribution in [-0.4, -0.2) is 71.7 Å². The van der Waals surface area contributed by atoms with Crippen molar-refractivity contribution in [2.24, 2.45) is 0 Å². The van der Waals surface area contributed by atoms with Crippen LogP contribution < -0.4 is 0 Å². The van der Waals surface area contributed by atoms with Crippen LogP contribution in [0.2, 0.25) is 0 Å². The van der Waals surface area contributed by atoms with Crippen LogP contribution in [0, 0.1) is 0 Å². The highest BCUT2D eigenvalue weighted by molar-refractivity contribution is 6.33. The Morgan fingerprint density at radius 3 is 1.20 bits per heavy atom. The zero-order chi connectivity index (χ0) is 30.8. The van der Waals surface area contributed by atoms with Gasteiger partial charge in [0, 0.05) is 46.1 Å². The predicted octanol–water partition coefficient (Wildman–Crippen LogP) is 5.18. The van der Waals surface area contributed by atoms with E-state index in [4.69, 9.17) is 9.47 Å². The lowest BCUT2D eigenvalue weighted by Crippen LogP contribution is -2.43. The number of hydrogen-bond acceptors (Lipinski definition) is 8. The molecular formula is C34H32N2O8. The van der Waals surface area contributed by atoms with Gasteiger partial charge in [-0.25, -0.2) is 9.59 Å². The fourth-order valence-corrected chi connectivity index (χ4v) is 6.10. The lowest BCUT2D eigenvalue weighted by atomic mass is 9.86. The van der Waals surface area contributed by atoms with Gasteiger partial charge in [0.25, 0.3) is 23.6 Å². The SMILES string of the molecule is O=C1OCCCCCCN2C(=O)c3ccc4c5c(ccc(c35)C2=O)C(=O)N(CCCCCCOC(=O)c2cccc1c2)C4=O. The fraction of sp³-hybridized carbons (Fsp3) is 0.353. The van der Waals surface area contributed by atoms with Gasteiger partial charge in [-0.2, -0.15) is 0 Å². The van der Waals surface area contributed by atoms with Gasteiger partial charge in [-0.05, 0) is 81.0 Å². The van der Waals surface area contributed by atoms with Crippen molar-refractivity contribution in [2.75, 3.05) is 26.3 Å². The van der Waals surface area contributed by atoms with E-state index in [1.54, 1.807) is 42.5 Å². The molecule has 0 saturated heterocycles. The fourth-order valence-electron chi connectivity index (χ4n) is 6.10. The highest BCUT2D eigenvalue weighted by Crippen LogP contribution is 2.38. The normalized spacial score (nSPS) is 18.8. The Morgan fingerprint density at radius 2 is 0.818 bits per heavy atom. The van der Waals surface area contributed by atoms with Crippen molar-refractivity contribution in [3.8, 4) is 0 Å². The number of amides is 4. The van der Waals surface area contributed by atoms with Crippen molar-refractivity contribution in [3.63, 3.8) is 0 Å². The van der Waals surface area contributed by atoms with Crippen molar-refractivity contribution in [3.05, 3.63) is 81.9 Å². The standard InChI is InChI=1S/C34H32N2O8/c37-29-23-12-14-25-28-26-15-13-24(27(23)28)30(38)35(29)16-5-1-3-7-18-43-33(41)21-10-9-11-22(20-21)34(42)44-19-8-4-2-6-17-36(31(25)39)32(26)40/h9-15,20H,1-8,16-19H2. The minimum atomic E-state index is -0.524. The number of rotatable bonds is 0. The molecule has 226 valence electrons. The molecule has 10 bridgehead atoms. The molecule has 6 aliphatic rings. The summed E-state index contributed by atoms with van der Waals surface area (Å²) in [5, 5.41) is 0.734. The summed E-state index contributed by atoms with van der Waals surface area (Å²) >= 11 is 0. The molecule has 0 aromatic heterocycles. The van der Waals surface area contributed by atoms with Crippen LogP contribution in [0.1, 0.15) is 114 Å². The van der Waals surface area contributed by atoms with Gasteiger partial charge in [0.05, 0.1) is 24.3 Å². The molecule has 3 aromatic rings. The minimum absolute atomic E-state index is 0.198. The summed E-state index contributed by atoms with van der Waals surface area (Å²) in [4.78, 5) is 81.3. The largest absolute Gasteiger partial charge is 0.462 e. The van der Waals surface area contributed by atoms with Crippen molar-refractivity contribution in [1.29, 1.82) is 0 Å². The van der Waals surface area contributed by atoms with Crippen LogP contribution in [0.3, 0.4) is 0 Å². The molecule has 9 rings (SSSR count). The molecule has 0 unspecified atom stereocenters. The number of nitrogens with zero attached hydrogens (tertiary/aromatic N) is 2. The van der Waals surface area contributed by atoms with Crippen molar-refractivity contribution in [1.82, 2.24) is 9.80 Å². The smallest absolute Gasteiger partial charge is 0.338 e. The first-order valence-electron chi connectivity index (χ1n) is 15.1. The number of fused-ring (bicyclic) bond motifs is 2. The average Bonchev–Trinajstić information content (AvgIpc) is 3.03. The number of hydrogen-bond donors (Lipinski definition) is 0. The molecule has 0 aliphatic carbocycles. The first-order chi connectivity index (χ1) is 21.4. The Bertz CT molecular complexity index is 1520. The molecule has 0 radical (unpaired) electrons. The Hall–Kier alpha value is -4.86. The number of imide groups is 2. The Labute approximate surface area is 253 Å². The Balaban J connectivity index is 1.22. The molecule has 10 heteroatoms. The third-order valence-electron chi connectivity index (χ3n) is 8.42. The maximum absolute atomic E-state index is 13.5. The summed E-state index contributed by atoms with van der Waals surface area (Å²) in [5.74, 6) is -2.81. The lowest BCUT2D eigenvalue weighted by Gasteiger charge is -2.32. The van der Waals surface area contributed by atoms with Crippen LogP contribution in [-0.2, 0) is 9.47 Å². The zero-order valence-electron chi connectivity index (χ0n) is 24.3. The molecule has 10 nitrogen and oxygen atoms in total. The number of carbonyl (C=O) groups is 6. The monoisotopic (exact) mass is 596 g/mol. The first kappa shape index (κ1) is 29.2. The lowest BCUT2D eigenvalue weighted by molar-refractivity contribution is 0.0488. The molecule has 6 heterocycles. The summed E-state index contributed by atoms with van der Waals surface area (Å²) in [5.41, 5.74) is 1.76. The van der Waals surface area contributed by atoms with Crippen LogP contribution in [0.5, 0.6) is 0 Å². The van der Waals surface area contributed by atoms with Gasteiger partial charge in [0.1, 0.15) is 0 Å². The van der Waals surface area contributed by atoms with Crippen molar-refractivity contribution >= 4 is 46.3 Å². The van der Waals surface area contributed by atoms with Crippen molar-refractivity contribution < 1.29 is 38.2 Å². The Morgan fingerprint density at radius 1 is 0.455 bits per heavy atom. The van der Waals surface area contributed by atoms with E-state index in [1.807, 2.05) is 0 Å². The van der Waals surface area contributed by atoms with E-state index in [-0.39, 0.29) is 37.4 Å². The summed E-state index contributed by atoms with van der Waals surface area (Å²) < 4.78 is 10.8. The molecule has 0 spiro atoms. The summed E-state index contributed by atoms with van der Waals surface area (Å²) in [6.45, 7) is 0.834. The Kier molecular flexibility index (Phi) is 8.23. The maximum Gasteiger partial charge on any atom is 0.338 e. The van der Waals surface area contributed by atoms with E-state index in [0.29, 0.717) is 71.6 Å². The van der Waals surface area contributed by atoms with E-state index in [9.17, 15) is 28.8 Å². The van der Waals surface area contributed by atoms with Crippen LogP contribution in [0.4, 0.5) is 0 Å². The van der Waals surface area contributed by atoms with Gasteiger partial charge in [-0.15, -0.1) is 0 Å². The van der Waals surface area contributed by atoms with Gasteiger partial charge in [0.2, 0.25) is 0 Å². The number of ether oxygens (including phenoxy) is 2. The summed E-state index contributed by atoms with van der Waals surface area (Å²) in [7, 11) is 0. The second-order valence-electron chi connectivity index (χ2n) is 11.3. The molecule has 3 aromatic carbocycles. The summed E-state index contributed by atoms with van der Waals surface area (Å²) in [6.07, 6.45) is 5.17. The first-order valence-corrected chi connectivity index (χ1v) is 15.1. The van der Waals surface area contributed by atoms with E-state index in [2.05, 4.69) is 0 Å². The van der Waals surface area contributed by atoms with Gasteiger partial charge in [-0.3, -0.25) is 29.0 Å². The molecule has 0 saturated carbocycles. The van der Waals surface area contributed by atoms with Crippen LogP contribution in [0.25, 0.3) is 10.8 Å². The highest BCUT2D eigenvalue weighted by Gasteiger charge is 2.39. The second-order valence-corrected chi connectivity index (χ2v) is 11.3. The van der Waals surface area contributed by atoms with E-state index in [0.717, 1.165) is 12.8 Å². The van der Waals surface area contributed by atoms with Gasteiger partial charge < -0.3 is 9.47 Å². The molecule has 0 fully saturated rings. The third-order valence-corrected chi connectivity index (χ3v) is 8.42. The number of benzene rings is 3. The predicted molar refractivity (Wildman–Crippen MR) is 159 cm³/mol. The number of carbonyl (C=O) groups excluding carboxylic acids is 6. The van der Waals surface area contributed by atoms with E-state index in [1.165, 1.54) is 15.9 Å². The van der Waals surface area contributed by atoms with Crippen molar-refractivity contribution in [2.45, 2.75) is 51.4 Å². The van der Waals surface area contributed by atoms with Crippen LogP contribution in [0.15, 0.2) is 48.5 Å². The van der Waals surface area contributed by atoms with Gasteiger partial charge in [0.15, 0.2) is 0 Å². The minimum Gasteiger partial charge on any atom is -0.462 e. The second kappa shape index (κ2) is 12.4. The van der Waals surface area contributed by atoms with E-state index < -0.39 is 35.6 Å². The molecule has 0 N–H and O–H groups in total. The third kappa shape index (κ3) is 5.36.